The molecule has 0 saturated heterocycles. The molecule has 0 radical (unpaired) electrons. The topological polar surface area (TPSA) is 64.3 Å². The lowest BCUT2D eigenvalue weighted by atomic mass is 9.93. The number of amides is 1. The Morgan fingerprint density at radius 3 is 2.50 bits per heavy atom. The normalized spacial score (nSPS) is 11.3. The predicted molar refractivity (Wildman–Crippen MR) is 86.5 cm³/mol. The Labute approximate surface area is 133 Å². The number of carbonyl (C=O) groups excluding carboxylic acids is 1. The van der Waals surface area contributed by atoms with E-state index in [2.05, 4.69) is 21.2 Å². The first-order valence-electron chi connectivity index (χ1n) is 6.60. The van der Waals surface area contributed by atoms with E-state index in [9.17, 15) is 4.79 Å². The van der Waals surface area contributed by atoms with Crippen LogP contribution in [-0.4, -0.2) is 18.1 Å². The highest BCUT2D eigenvalue weighted by molar-refractivity contribution is 9.10. The SMILES string of the molecule is CCOc1c(Br)cc(Cl)cc1NC(=O)C(N)(CC)CC. The number of ether oxygens (including phenoxy) is 1. The van der Waals surface area contributed by atoms with Crippen LogP contribution >= 0.6 is 27.5 Å². The molecule has 0 fully saturated rings. The van der Waals surface area contributed by atoms with E-state index in [1.807, 2.05) is 20.8 Å². The molecular formula is C14H20BrClN2O2. The number of anilines is 1. The van der Waals surface area contributed by atoms with Gasteiger partial charge in [0, 0.05) is 5.02 Å². The van der Waals surface area contributed by atoms with Crippen molar-refractivity contribution in [3.8, 4) is 5.75 Å². The Morgan fingerprint density at radius 2 is 2.00 bits per heavy atom. The fourth-order valence-corrected chi connectivity index (χ4v) is 2.69. The zero-order valence-corrected chi connectivity index (χ0v) is 14.3. The third kappa shape index (κ3) is 3.87. The van der Waals surface area contributed by atoms with E-state index < -0.39 is 5.54 Å². The number of benzene rings is 1. The van der Waals surface area contributed by atoms with Gasteiger partial charge in [0.05, 0.1) is 22.3 Å². The van der Waals surface area contributed by atoms with E-state index in [-0.39, 0.29) is 5.91 Å². The van der Waals surface area contributed by atoms with Gasteiger partial charge in [-0.3, -0.25) is 4.79 Å². The molecule has 0 aliphatic carbocycles. The van der Waals surface area contributed by atoms with Gasteiger partial charge in [0.25, 0.3) is 0 Å². The van der Waals surface area contributed by atoms with Gasteiger partial charge in [0.1, 0.15) is 0 Å². The van der Waals surface area contributed by atoms with Gasteiger partial charge < -0.3 is 15.8 Å². The van der Waals surface area contributed by atoms with Crippen LogP contribution in [0.5, 0.6) is 5.75 Å². The zero-order valence-electron chi connectivity index (χ0n) is 11.9. The van der Waals surface area contributed by atoms with Crippen molar-refractivity contribution in [3.63, 3.8) is 0 Å². The van der Waals surface area contributed by atoms with Gasteiger partial charge >= 0.3 is 0 Å². The van der Waals surface area contributed by atoms with Gasteiger partial charge in [-0.05, 0) is 47.8 Å². The van der Waals surface area contributed by atoms with Crippen LogP contribution in [0.2, 0.25) is 5.02 Å². The van der Waals surface area contributed by atoms with Gasteiger partial charge in [-0.15, -0.1) is 0 Å². The van der Waals surface area contributed by atoms with Crippen LogP contribution in [-0.2, 0) is 4.79 Å². The fourth-order valence-electron chi connectivity index (χ4n) is 1.76. The highest BCUT2D eigenvalue weighted by Gasteiger charge is 2.30. The van der Waals surface area contributed by atoms with Crippen molar-refractivity contribution in [1.82, 2.24) is 0 Å². The smallest absolute Gasteiger partial charge is 0.244 e. The van der Waals surface area contributed by atoms with Gasteiger partial charge in [0.2, 0.25) is 5.91 Å². The maximum Gasteiger partial charge on any atom is 0.244 e. The minimum absolute atomic E-state index is 0.238. The molecule has 0 heterocycles. The molecule has 0 saturated carbocycles. The first kappa shape index (κ1) is 17.3. The summed E-state index contributed by atoms with van der Waals surface area (Å²) < 4.78 is 6.23. The molecule has 0 bridgehead atoms. The van der Waals surface area contributed by atoms with E-state index in [0.717, 1.165) is 0 Å². The molecule has 0 aliphatic rings. The van der Waals surface area contributed by atoms with Gasteiger partial charge in [-0.2, -0.15) is 0 Å². The van der Waals surface area contributed by atoms with Crippen LogP contribution in [0.4, 0.5) is 5.69 Å². The number of halogens is 2. The number of rotatable bonds is 6. The summed E-state index contributed by atoms with van der Waals surface area (Å²) in [4.78, 5) is 12.3. The van der Waals surface area contributed by atoms with Crippen LogP contribution in [0.25, 0.3) is 0 Å². The molecule has 3 N–H and O–H groups in total. The number of carbonyl (C=O) groups is 1. The number of nitrogens with one attached hydrogen (secondary N) is 1. The molecule has 20 heavy (non-hydrogen) atoms. The Hall–Kier alpha value is -0.780. The number of hydrogen-bond donors (Lipinski definition) is 2. The van der Waals surface area contributed by atoms with Crippen molar-refractivity contribution < 1.29 is 9.53 Å². The molecular weight excluding hydrogens is 344 g/mol. The molecule has 6 heteroatoms. The summed E-state index contributed by atoms with van der Waals surface area (Å²) >= 11 is 9.40. The zero-order chi connectivity index (χ0) is 15.3. The van der Waals surface area contributed by atoms with E-state index in [1.54, 1.807) is 12.1 Å². The minimum Gasteiger partial charge on any atom is -0.491 e. The average Bonchev–Trinajstić information content (AvgIpc) is 2.41. The summed E-state index contributed by atoms with van der Waals surface area (Å²) in [6.07, 6.45) is 1.11. The maximum atomic E-state index is 12.3. The summed E-state index contributed by atoms with van der Waals surface area (Å²) in [5.41, 5.74) is 5.72. The van der Waals surface area contributed by atoms with Crippen LogP contribution in [0.3, 0.4) is 0 Å². The summed E-state index contributed by atoms with van der Waals surface area (Å²) in [7, 11) is 0. The molecule has 0 atom stereocenters. The second-order valence-electron chi connectivity index (χ2n) is 4.51. The van der Waals surface area contributed by atoms with E-state index >= 15 is 0 Å². The van der Waals surface area contributed by atoms with E-state index in [4.69, 9.17) is 22.1 Å². The molecule has 0 aromatic heterocycles. The molecule has 0 aliphatic heterocycles. The standard InChI is InChI=1S/C14H20BrClN2O2/c1-4-14(17,5-2)13(19)18-11-8-9(16)7-10(15)12(11)20-6-3/h7-8H,4-6,17H2,1-3H3,(H,18,19). The van der Waals surface area contributed by atoms with Crippen molar-refractivity contribution >= 4 is 39.1 Å². The second kappa shape index (κ2) is 7.29. The lowest BCUT2D eigenvalue weighted by Crippen LogP contribution is -2.50. The summed E-state index contributed by atoms with van der Waals surface area (Å²) in [6, 6.07) is 3.37. The highest BCUT2D eigenvalue weighted by Crippen LogP contribution is 2.37. The summed E-state index contributed by atoms with van der Waals surface area (Å²) in [6.45, 7) is 6.14. The molecule has 1 aromatic rings. The second-order valence-corrected chi connectivity index (χ2v) is 5.81. The van der Waals surface area contributed by atoms with Crippen LogP contribution in [0.1, 0.15) is 33.6 Å². The third-order valence-corrected chi connectivity index (χ3v) is 4.07. The van der Waals surface area contributed by atoms with Crippen molar-refractivity contribution in [3.05, 3.63) is 21.6 Å². The summed E-state index contributed by atoms with van der Waals surface area (Å²) in [5, 5.41) is 3.32. The lowest BCUT2D eigenvalue weighted by Gasteiger charge is -2.26. The highest BCUT2D eigenvalue weighted by atomic mass is 79.9. The molecule has 1 aromatic carbocycles. The maximum absolute atomic E-state index is 12.3. The van der Waals surface area contributed by atoms with Crippen molar-refractivity contribution in [1.29, 1.82) is 0 Å². The van der Waals surface area contributed by atoms with E-state index in [1.165, 1.54) is 0 Å². The van der Waals surface area contributed by atoms with Gasteiger partial charge in [-0.1, -0.05) is 25.4 Å². The first-order chi connectivity index (χ1) is 9.37. The Bertz CT molecular complexity index is 490. The Morgan fingerprint density at radius 1 is 1.40 bits per heavy atom. The number of nitrogens with two attached hydrogens (primary N) is 1. The summed E-state index contributed by atoms with van der Waals surface area (Å²) in [5.74, 6) is 0.317. The molecule has 112 valence electrons. The minimum atomic E-state index is -0.891. The largest absolute Gasteiger partial charge is 0.491 e. The molecule has 0 spiro atoms. The van der Waals surface area contributed by atoms with Crippen LogP contribution < -0.4 is 15.8 Å². The van der Waals surface area contributed by atoms with Crippen LogP contribution in [0, 0.1) is 0 Å². The van der Waals surface area contributed by atoms with Gasteiger partial charge in [0.15, 0.2) is 5.75 Å². The Balaban J connectivity index is 3.11. The molecule has 0 unspecified atom stereocenters. The fraction of sp³-hybridized carbons (Fsp3) is 0.500. The van der Waals surface area contributed by atoms with Crippen molar-refractivity contribution in [2.45, 2.75) is 39.2 Å². The monoisotopic (exact) mass is 362 g/mol. The van der Waals surface area contributed by atoms with Crippen molar-refractivity contribution in [2.75, 3.05) is 11.9 Å². The molecule has 1 rings (SSSR count). The Kier molecular flexibility index (Phi) is 6.30. The first-order valence-corrected chi connectivity index (χ1v) is 7.77. The predicted octanol–water partition coefficient (Wildman–Crippen LogP) is 3.96. The van der Waals surface area contributed by atoms with Crippen LogP contribution in [0.15, 0.2) is 16.6 Å². The van der Waals surface area contributed by atoms with Gasteiger partial charge in [-0.25, -0.2) is 0 Å². The third-order valence-electron chi connectivity index (χ3n) is 3.26. The number of hydrogen-bond acceptors (Lipinski definition) is 3. The van der Waals surface area contributed by atoms with E-state index in [0.29, 0.717) is 40.4 Å². The quantitative estimate of drug-likeness (QED) is 0.804. The lowest BCUT2D eigenvalue weighted by molar-refractivity contribution is -0.121. The molecule has 4 nitrogen and oxygen atoms in total. The average molecular weight is 364 g/mol. The molecule has 1 amide bonds. The van der Waals surface area contributed by atoms with Crippen molar-refractivity contribution in [2.24, 2.45) is 5.73 Å².